The minimum Gasteiger partial charge on any atom is -0.310 e. The minimum absolute atomic E-state index is 0.512. The van der Waals surface area contributed by atoms with E-state index in [1.54, 1.807) is 11.3 Å². The van der Waals surface area contributed by atoms with E-state index < -0.39 is 0 Å². The molecule has 0 aliphatic heterocycles. The van der Waals surface area contributed by atoms with Gasteiger partial charge >= 0.3 is 0 Å². The molecule has 2 rings (SSSR count). The lowest BCUT2D eigenvalue weighted by Crippen LogP contribution is -2.20. The zero-order chi connectivity index (χ0) is 11.2. The molecule has 0 aliphatic rings. The van der Waals surface area contributed by atoms with Crippen LogP contribution in [0.4, 0.5) is 0 Å². The van der Waals surface area contributed by atoms with E-state index in [0.717, 1.165) is 6.54 Å². The fourth-order valence-corrected chi connectivity index (χ4v) is 3.29. The molecule has 1 atom stereocenters. The molecular formula is C13H17NS2. The first-order valence-electron chi connectivity index (χ1n) is 5.68. The lowest BCUT2D eigenvalue weighted by Gasteiger charge is -2.16. The number of aryl methyl sites for hydroxylation is 1. The van der Waals surface area contributed by atoms with E-state index in [0.29, 0.717) is 6.04 Å². The smallest absolute Gasteiger partial charge is 0.0331 e. The van der Waals surface area contributed by atoms with E-state index in [1.165, 1.54) is 23.3 Å². The van der Waals surface area contributed by atoms with Gasteiger partial charge in [-0.3, -0.25) is 0 Å². The molecule has 86 valence electrons. The van der Waals surface area contributed by atoms with Gasteiger partial charge in [0.1, 0.15) is 0 Å². The monoisotopic (exact) mass is 251 g/mol. The Labute approximate surface area is 105 Å². The third kappa shape index (κ3) is 3.17. The van der Waals surface area contributed by atoms with Crippen LogP contribution in [-0.2, 0) is 6.42 Å². The maximum Gasteiger partial charge on any atom is 0.0331 e. The number of thiophene rings is 2. The second-order valence-electron chi connectivity index (χ2n) is 3.78. The summed E-state index contributed by atoms with van der Waals surface area (Å²) in [6, 6.07) is 7.10. The van der Waals surface area contributed by atoms with Crippen molar-refractivity contribution in [3.05, 3.63) is 44.8 Å². The normalized spacial score (nSPS) is 12.8. The third-order valence-corrected chi connectivity index (χ3v) is 4.29. The molecule has 0 radical (unpaired) electrons. The largest absolute Gasteiger partial charge is 0.310 e. The molecule has 16 heavy (non-hydrogen) atoms. The minimum atomic E-state index is 0.512. The summed E-state index contributed by atoms with van der Waals surface area (Å²) in [5, 5.41) is 10.1. The lowest BCUT2D eigenvalue weighted by atomic mass is 10.0. The van der Waals surface area contributed by atoms with E-state index in [2.05, 4.69) is 46.6 Å². The molecule has 1 N–H and O–H groups in total. The highest BCUT2D eigenvalue weighted by Crippen LogP contribution is 2.22. The number of hydrogen-bond acceptors (Lipinski definition) is 3. The number of hydrogen-bond donors (Lipinski definition) is 1. The molecule has 0 saturated heterocycles. The van der Waals surface area contributed by atoms with Crippen LogP contribution in [0.5, 0.6) is 0 Å². The summed E-state index contributed by atoms with van der Waals surface area (Å²) in [6.07, 6.45) is 2.36. The van der Waals surface area contributed by atoms with Gasteiger partial charge in [0.15, 0.2) is 0 Å². The van der Waals surface area contributed by atoms with Gasteiger partial charge in [-0.25, -0.2) is 0 Å². The molecule has 1 unspecified atom stereocenters. The Kier molecular flexibility index (Phi) is 4.57. The predicted octanol–water partition coefficient (Wildman–Crippen LogP) is 4.09. The maximum absolute atomic E-state index is 3.56. The maximum atomic E-state index is 3.56. The van der Waals surface area contributed by atoms with Crippen molar-refractivity contribution in [2.24, 2.45) is 0 Å². The van der Waals surface area contributed by atoms with Crippen molar-refractivity contribution in [3.63, 3.8) is 0 Å². The van der Waals surface area contributed by atoms with Gasteiger partial charge in [0, 0.05) is 10.9 Å². The van der Waals surface area contributed by atoms with Crippen LogP contribution in [-0.4, -0.2) is 6.54 Å². The predicted molar refractivity (Wildman–Crippen MR) is 73.4 cm³/mol. The Morgan fingerprint density at radius 2 is 2.25 bits per heavy atom. The summed E-state index contributed by atoms with van der Waals surface area (Å²) >= 11 is 3.63. The Balaban J connectivity index is 1.93. The first-order chi connectivity index (χ1) is 7.90. The summed E-state index contributed by atoms with van der Waals surface area (Å²) < 4.78 is 0. The number of nitrogens with one attached hydrogen (secondary N) is 1. The summed E-state index contributed by atoms with van der Waals surface area (Å²) in [5.41, 5.74) is 1.43. The van der Waals surface area contributed by atoms with Crippen LogP contribution in [0.2, 0.25) is 0 Å². The first-order valence-corrected chi connectivity index (χ1v) is 7.50. The fraction of sp³-hybridized carbons (Fsp3) is 0.385. The molecule has 2 aromatic heterocycles. The second kappa shape index (κ2) is 6.18. The van der Waals surface area contributed by atoms with Gasteiger partial charge in [-0.05, 0) is 53.2 Å². The highest BCUT2D eigenvalue weighted by atomic mass is 32.1. The van der Waals surface area contributed by atoms with Gasteiger partial charge in [0.2, 0.25) is 0 Å². The van der Waals surface area contributed by atoms with Crippen molar-refractivity contribution in [1.82, 2.24) is 5.32 Å². The van der Waals surface area contributed by atoms with Crippen LogP contribution in [0, 0.1) is 0 Å². The van der Waals surface area contributed by atoms with E-state index in [1.807, 2.05) is 11.3 Å². The summed E-state index contributed by atoms with van der Waals surface area (Å²) in [5.74, 6) is 0. The standard InChI is InChI=1S/C13H17NS2/c1-2-14-13(11-7-9-15-10-11)6-5-12-4-3-8-16-12/h3-4,7-10,13-14H,2,5-6H2,1H3. The van der Waals surface area contributed by atoms with Gasteiger partial charge in [-0.2, -0.15) is 11.3 Å². The Hall–Kier alpha value is -0.640. The summed E-state index contributed by atoms with van der Waals surface area (Å²) in [6.45, 7) is 3.20. The molecular weight excluding hydrogens is 234 g/mol. The Bertz CT molecular complexity index is 378. The average molecular weight is 251 g/mol. The Morgan fingerprint density at radius 1 is 1.31 bits per heavy atom. The SMILES string of the molecule is CCNC(CCc1cccs1)c1ccsc1. The molecule has 0 aliphatic carbocycles. The van der Waals surface area contributed by atoms with Gasteiger partial charge < -0.3 is 5.32 Å². The van der Waals surface area contributed by atoms with Crippen molar-refractivity contribution in [3.8, 4) is 0 Å². The molecule has 1 nitrogen and oxygen atoms in total. The Morgan fingerprint density at radius 3 is 2.88 bits per heavy atom. The topological polar surface area (TPSA) is 12.0 Å². The van der Waals surface area contributed by atoms with Gasteiger partial charge in [0.25, 0.3) is 0 Å². The van der Waals surface area contributed by atoms with Crippen molar-refractivity contribution in [2.45, 2.75) is 25.8 Å². The van der Waals surface area contributed by atoms with Gasteiger partial charge in [-0.15, -0.1) is 11.3 Å². The highest BCUT2D eigenvalue weighted by molar-refractivity contribution is 7.09. The zero-order valence-electron chi connectivity index (χ0n) is 9.48. The average Bonchev–Trinajstić information content (AvgIpc) is 2.96. The quantitative estimate of drug-likeness (QED) is 0.815. The number of rotatable bonds is 6. The van der Waals surface area contributed by atoms with E-state index in [9.17, 15) is 0 Å². The van der Waals surface area contributed by atoms with Gasteiger partial charge in [0.05, 0.1) is 0 Å². The molecule has 0 bridgehead atoms. The fourth-order valence-electron chi connectivity index (χ4n) is 1.85. The van der Waals surface area contributed by atoms with Crippen LogP contribution >= 0.6 is 22.7 Å². The van der Waals surface area contributed by atoms with Crippen LogP contribution in [0.1, 0.15) is 29.8 Å². The van der Waals surface area contributed by atoms with Crippen molar-refractivity contribution < 1.29 is 0 Å². The molecule has 0 aromatic carbocycles. The third-order valence-electron chi connectivity index (χ3n) is 2.66. The molecule has 0 amide bonds. The van der Waals surface area contributed by atoms with Crippen molar-refractivity contribution in [1.29, 1.82) is 0 Å². The second-order valence-corrected chi connectivity index (χ2v) is 5.60. The first kappa shape index (κ1) is 11.8. The molecule has 2 aromatic rings. The van der Waals surface area contributed by atoms with Crippen molar-refractivity contribution in [2.75, 3.05) is 6.54 Å². The van der Waals surface area contributed by atoms with Crippen LogP contribution < -0.4 is 5.32 Å². The van der Waals surface area contributed by atoms with Crippen LogP contribution in [0.15, 0.2) is 34.3 Å². The summed E-state index contributed by atoms with van der Waals surface area (Å²) in [7, 11) is 0. The van der Waals surface area contributed by atoms with Crippen LogP contribution in [0.3, 0.4) is 0 Å². The lowest BCUT2D eigenvalue weighted by molar-refractivity contribution is 0.518. The zero-order valence-corrected chi connectivity index (χ0v) is 11.1. The molecule has 2 heterocycles. The molecule has 0 fully saturated rings. The summed E-state index contributed by atoms with van der Waals surface area (Å²) in [4.78, 5) is 1.48. The molecule has 0 saturated carbocycles. The highest BCUT2D eigenvalue weighted by Gasteiger charge is 2.10. The molecule has 3 heteroatoms. The van der Waals surface area contributed by atoms with E-state index in [-0.39, 0.29) is 0 Å². The van der Waals surface area contributed by atoms with E-state index >= 15 is 0 Å². The molecule has 0 spiro atoms. The van der Waals surface area contributed by atoms with Crippen LogP contribution in [0.25, 0.3) is 0 Å². The van der Waals surface area contributed by atoms with E-state index in [4.69, 9.17) is 0 Å². The van der Waals surface area contributed by atoms with Crippen molar-refractivity contribution >= 4 is 22.7 Å². The van der Waals surface area contributed by atoms with Gasteiger partial charge in [-0.1, -0.05) is 13.0 Å².